The van der Waals surface area contributed by atoms with E-state index in [1.165, 1.54) is 23.9 Å². The Balaban J connectivity index is 1.99. The molecular formula is C31H40N4O6S. The largest absolute Gasteiger partial charge is 0.480 e. The van der Waals surface area contributed by atoms with Crippen LogP contribution in [0.5, 0.6) is 0 Å². The molecular weight excluding hydrogens is 556 g/mol. The van der Waals surface area contributed by atoms with Crippen LogP contribution in [0.1, 0.15) is 82.7 Å². The van der Waals surface area contributed by atoms with Crippen molar-refractivity contribution in [1.29, 1.82) is 0 Å². The van der Waals surface area contributed by atoms with Crippen molar-refractivity contribution in [3.05, 3.63) is 83.7 Å². The molecule has 0 fully saturated rings. The van der Waals surface area contributed by atoms with Gasteiger partial charge in [-0.1, -0.05) is 63.1 Å². The lowest BCUT2D eigenvalue weighted by atomic mass is 9.93. The van der Waals surface area contributed by atoms with Gasteiger partial charge in [0, 0.05) is 6.20 Å². The molecule has 0 saturated heterocycles. The third-order valence-corrected chi connectivity index (χ3v) is 7.87. The Hall–Kier alpha value is -3.83. The summed E-state index contributed by atoms with van der Waals surface area (Å²) < 4.78 is 34.7. The molecule has 42 heavy (non-hydrogen) atoms. The van der Waals surface area contributed by atoms with Crippen molar-refractivity contribution < 1.29 is 27.9 Å². The van der Waals surface area contributed by atoms with E-state index in [0.717, 1.165) is 29.7 Å². The molecule has 10 nitrogen and oxygen atoms in total. The number of nitrogens with one attached hydrogen (secondary N) is 1. The standard InChI is InChI=1S/C31H40N4O6S/c1-6-7-11-22(2)24-17-15-23(16-18-24)20-26(34-42(39,40)28-14-8-9-19-32-28)25-12-10-13-27(33-25)35(21-29(36)37)30(38)41-31(3,4)5/h8-10,12-19,22,26,34H,6-7,11,20-21H2,1-5H3,(H,36,37). The Morgan fingerprint density at radius 1 is 1.05 bits per heavy atom. The van der Waals surface area contributed by atoms with E-state index in [1.54, 1.807) is 45.0 Å². The summed E-state index contributed by atoms with van der Waals surface area (Å²) in [5.74, 6) is -0.830. The first kappa shape index (κ1) is 32.7. The number of hydrogen-bond acceptors (Lipinski definition) is 7. The number of sulfonamides is 1. The van der Waals surface area contributed by atoms with E-state index < -0.39 is 40.3 Å². The van der Waals surface area contributed by atoms with Gasteiger partial charge >= 0.3 is 12.1 Å². The van der Waals surface area contributed by atoms with Crippen molar-refractivity contribution in [2.45, 2.75) is 82.9 Å². The zero-order chi connectivity index (χ0) is 30.9. The molecule has 3 rings (SSSR count). The van der Waals surface area contributed by atoms with Crippen LogP contribution in [0, 0.1) is 0 Å². The number of aliphatic carboxylic acids is 1. The highest BCUT2D eigenvalue weighted by atomic mass is 32.2. The molecule has 2 heterocycles. The molecule has 2 unspecified atom stereocenters. The molecule has 0 saturated carbocycles. The Kier molecular flexibility index (Phi) is 11.2. The number of benzene rings is 1. The van der Waals surface area contributed by atoms with Gasteiger partial charge in [0.1, 0.15) is 18.0 Å². The predicted molar refractivity (Wildman–Crippen MR) is 161 cm³/mol. The monoisotopic (exact) mass is 596 g/mol. The number of carbonyl (C=O) groups is 2. The lowest BCUT2D eigenvalue weighted by Gasteiger charge is -2.26. The molecule has 0 bridgehead atoms. The molecule has 2 N–H and O–H groups in total. The van der Waals surface area contributed by atoms with Gasteiger partial charge in [0.05, 0.1) is 11.7 Å². The summed E-state index contributed by atoms with van der Waals surface area (Å²) in [7, 11) is -4.05. The van der Waals surface area contributed by atoms with Crippen LogP contribution < -0.4 is 9.62 Å². The van der Waals surface area contributed by atoms with E-state index in [4.69, 9.17) is 4.74 Å². The number of pyridine rings is 2. The number of anilines is 1. The van der Waals surface area contributed by atoms with Crippen molar-refractivity contribution >= 4 is 27.9 Å². The van der Waals surface area contributed by atoms with Crippen molar-refractivity contribution in [2.24, 2.45) is 0 Å². The van der Waals surface area contributed by atoms with E-state index in [9.17, 15) is 23.1 Å². The average molecular weight is 597 g/mol. The number of rotatable bonds is 13. The number of carboxylic acids is 1. The van der Waals surface area contributed by atoms with Crippen LogP contribution in [0.15, 0.2) is 71.9 Å². The molecule has 1 aromatic carbocycles. The fourth-order valence-corrected chi connectivity index (χ4v) is 5.49. The molecule has 0 radical (unpaired) electrons. The summed E-state index contributed by atoms with van der Waals surface area (Å²) in [4.78, 5) is 34.0. The summed E-state index contributed by atoms with van der Waals surface area (Å²) in [5, 5.41) is 9.33. The summed E-state index contributed by atoms with van der Waals surface area (Å²) >= 11 is 0. The molecule has 226 valence electrons. The number of hydrogen-bond donors (Lipinski definition) is 2. The van der Waals surface area contributed by atoms with Crippen molar-refractivity contribution in [1.82, 2.24) is 14.7 Å². The minimum Gasteiger partial charge on any atom is -0.480 e. The van der Waals surface area contributed by atoms with E-state index in [0.29, 0.717) is 11.6 Å². The zero-order valence-corrected chi connectivity index (χ0v) is 25.6. The first-order chi connectivity index (χ1) is 19.8. The number of nitrogens with zero attached hydrogens (tertiary/aromatic N) is 3. The first-order valence-electron chi connectivity index (χ1n) is 14.0. The highest BCUT2D eigenvalue weighted by Gasteiger charge is 2.28. The summed E-state index contributed by atoms with van der Waals surface area (Å²) in [6.45, 7) is 8.69. The number of carbonyl (C=O) groups excluding carboxylic acids is 1. The van der Waals surface area contributed by atoms with E-state index in [-0.39, 0.29) is 17.3 Å². The minimum atomic E-state index is -4.05. The van der Waals surface area contributed by atoms with Gasteiger partial charge in [-0.3, -0.25) is 9.69 Å². The minimum absolute atomic E-state index is 0.0197. The van der Waals surface area contributed by atoms with Gasteiger partial charge in [-0.05, 0) is 74.9 Å². The molecule has 2 aromatic heterocycles. The second-order valence-electron chi connectivity index (χ2n) is 11.2. The number of unbranched alkanes of at least 4 members (excludes halogenated alkanes) is 1. The zero-order valence-electron chi connectivity index (χ0n) is 24.8. The van der Waals surface area contributed by atoms with Gasteiger partial charge in [-0.15, -0.1) is 0 Å². The van der Waals surface area contributed by atoms with Crippen molar-refractivity contribution in [3.63, 3.8) is 0 Å². The van der Waals surface area contributed by atoms with Crippen molar-refractivity contribution in [2.75, 3.05) is 11.4 Å². The van der Waals surface area contributed by atoms with Crippen LogP contribution in [0.2, 0.25) is 0 Å². The first-order valence-corrected chi connectivity index (χ1v) is 15.5. The lowest BCUT2D eigenvalue weighted by molar-refractivity contribution is -0.135. The maximum atomic E-state index is 13.3. The quantitative estimate of drug-likeness (QED) is 0.250. The highest BCUT2D eigenvalue weighted by Crippen LogP contribution is 2.26. The topological polar surface area (TPSA) is 139 Å². The number of ether oxygens (including phenoxy) is 1. The molecule has 0 aliphatic rings. The summed E-state index contributed by atoms with van der Waals surface area (Å²) in [6, 6.07) is 16.5. The molecule has 1 amide bonds. The van der Waals surface area contributed by atoms with Gasteiger partial charge in [0.2, 0.25) is 0 Å². The third-order valence-electron chi connectivity index (χ3n) is 6.49. The fraction of sp³-hybridized carbons (Fsp3) is 0.419. The Labute approximate surface area is 248 Å². The number of carboxylic acid groups (broad SMARTS) is 1. The van der Waals surface area contributed by atoms with Gasteiger partial charge in [0.25, 0.3) is 10.0 Å². The summed E-state index contributed by atoms with van der Waals surface area (Å²) in [5.41, 5.74) is 1.51. The normalized spacial score (nSPS) is 13.3. The number of amides is 1. The van der Waals surface area contributed by atoms with Gasteiger partial charge < -0.3 is 9.84 Å². The second kappa shape index (κ2) is 14.4. The molecule has 11 heteroatoms. The lowest BCUT2D eigenvalue weighted by Crippen LogP contribution is -2.40. The van der Waals surface area contributed by atoms with Crippen LogP contribution in [-0.2, 0) is 26.0 Å². The molecule has 0 spiro atoms. The fourth-order valence-electron chi connectivity index (χ4n) is 4.33. The molecule has 0 aliphatic carbocycles. The number of aromatic nitrogens is 2. The third kappa shape index (κ3) is 9.63. The summed E-state index contributed by atoms with van der Waals surface area (Å²) in [6.07, 6.45) is 4.12. The SMILES string of the molecule is CCCCC(C)c1ccc(CC(NS(=O)(=O)c2ccccn2)c2cccc(N(CC(=O)O)C(=O)OC(C)(C)C)n2)cc1. The van der Waals surface area contributed by atoms with Gasteiger partial charge in [-0.25, -0.2) is 27.9 Å². The van der Waals surface area contributed by atoms with E-state index >= 15 is 0 Å². The maximum absolute atomic E-state index is 13.3. The maximum Gasteiger partial charge on any atom is 0.416 e. The Morgan fingerprint density at radius 2 is 1.76 bits per heavy atom. The van der Waals surface area contributed by atoms with Crippen LogP contribution in [0.4, 0.5) is 10.6 Å². The Bertz CT molecular complexity index is 1440. The van der Waals surface area contributed by atoms with Crippen LogP contribution in [-0.4, -0.2) is 47.7 Å². The van der Waals surface area contributed by atoms with E-state index in [2.05, 4.69) is 40.7 Å². The van der Waals surface area contributed by atoms with Crippen molar-refractivity contribution in [3.8, 4) is 0 Å². The highest BCUT2D eigenvalue weighted by molar-refractivity contribution is 7.89. The van der Waals surface area contributed by atoms with Crippen LogP contribution in [0.3, 0.4) is 0 Å². The van der Waals surface area contributed by atoms with E-state index in [1.807, 2.05) is 12.1 Å². The van der Waals surface area contributed by atoms with Crippen LogP contribution >= 0.6 is 0 Å². The molecule has 3 aromatic rings. The Morgan fingerprint density at radius 3 is 2.36 bits per heavy atom. The molecule has 0 aliphatic heterocycles. The van der Waals surface area contributed by atoms with Gasteiger partial charge in [-0.2, -0.15) is 0 Å². The smallest absolute Gasteiger partial charge is 0.416 e. The predicted octanol–water partition coefficient (Wildman–Crippen LogP) is 5.86. The molecule has 2 atom stereocenters. The van der Waals surface area contributed by atoms with Crippen LogP contribution in [0.25, 0.3) is 0 Å². The second-order valence-corrected chi connectivity index (χ2v) is 12.9. The average Bonchev–Trinajstić information content (AvgIpc) is 2.94. The van der Waals surface area contributed by atoms with Gasteiger partial charge in [0.15, 0.2) is 5.03 Å².